The molecule has 0 bridgehead atoms. The highest BCUT2D eigenvalue weighted by Gasteiger charge is 2.02. The SMILES string of the molecule is CN1C=CC(c2ccccc2)=NC1. The van der Waals surface area contributed by atoms with Crippen molar-refractivity contribution in [2.45, 2.75) is 0 Å². The number of benzene rings is 1. The van der Waals surface area contributed by atoms with Gasteiger partial charge in [0, 0.05) is 13.2 Å². The highest BCUT2D eigenvalue weighted by Crippen LogP contribution is 2.06. The van der Waals surface area contributed by atoms with Gasteiger partial charge in [-0.15, -0.1) is 0 Å². The van der Waals surface area contributed by atoms with Crippen LogP contribution in [0.3, 0.4) is 0 Å². The second-order valence-corrected chi connectivity index (χ2v) is 3.12. The molecule has 1 heterocycles. The first-order chi connectivity index (χ1) is 6.36. The van der Waals surface area contributed by atoms with Crippen LogP contribution < -0.4 is 0 Å². The van der Waals surface area contributed by atoms with Crippen LogP contribution in [0.25, 0.3) is 0 Å². The first-order valence-electron chi connectivity index (χ1n) is 4.34. The van der Waals surface area contributed by atoms with Crippen molar-refractivity contribution in [3.63, 3.8) is 0 Å². The van der Waals surface area contributed by atoms with Gasteiger partial charge in [0.1, 0.15) is 6.67 Å². The van der Waals surface area contributed by atoms with E-state index in [2.05, 4.69) is 23.3 Å². The van der Waals surface area contributed by atoms with Crippen LogP contribution in [0.1, 0.15) is 5.56 Å². The van der Waals surface area contributed by atoms with Crippen LogP contribution in [0.5, 0.6) is 0 Å². The smallest absolute Gasteiger partial charge is 0.110 e. The summed E-state index contributed by atoms with van der Waals surface area (Å²) in [6, 6.07) is 10.2. The molecular weight excluding hydrogens is 160 g/mol. The van der Waals surface area contributed by atoms with Crippen LogP contribution in [0.15, 0.2) is 47.6 Å². The van der Waals surface area contributed by atoms with Gasteiger partial charge >= 0.3 is 0 Å². The van der Waals surface area contributed by atoms with Gasteiger partial charge in [-0.25, -0.2) is 0 Å². The van der Waals surface area contributed by atoms with Gasteiger partial charge < -0.3 is 4.90 Å². The van der Waals surface area contributed by atoms with E-state index in [0.717, 1.165) is 12.4 Å². The van der Waals surface area contributed by atoms with Gasteiger partial charge in [0.25, 0.3) is 0 Å². The minimum absolute atomic E-state index is 0.751. The van der Waals surface area contributed by atoms with Crippen molar-refractivity contribution in [2.24, 2.45) is 4.99 Å². The number of allylic oxidation sites excluding steroid dienone is 1. The zero-order valence-corrected chi connectivity index (χ0v) is 7.64. The minimum atomic E-state index is 0.751. The number of aliphatic imine (C=N–C) groups is 1. The Morgan fingerprint density at radius 2 is 2.00 bits per heavy atom. The van der Waals surface area contributed by atoms with E-state index in [0.29, 0.717) is 0 Å². The van der Waals surface area contributed by atoms with Crippen LogP contribution >= 0.6 is 0 Å². The van der Waals surface area contributed by atoms with Crippen molar-refractivity contribution in [3.8, 4) is 0 Å². The van der Waals surface area contributed by atoms with Crippen LogP contribution in [-0.4, -0.2) is 24.3 Å². The van der Waals surface area contributed by atoms with E-state index >= 15 is 0 Å². The van der Waals surface area contributed by atoms with Crippen molar-refractivity contribution in [1.29, 1.82) is 0 Å². The lowest BCUT2D eigenvalue weighted by Crippen LogP contribution is -2.17. The van der Waals surface area contributed by atoms with Gasteiger partial charge in [0.15, 0.2) is 0 Å². The third-order valence-electron chi connectivity index (χ3n) is 2.02. The van der Waals surface area contributed by atoms with Crippen LogP contribution in [0.4, 0.5) is 0 Å². The van der Waals surface area contributed by atoms with Crippen molar-refractivity contribution in [3.05, 3.63) is 48.2 Å². The fraction of sp³-hybridized carbons (Fsp3) is 0.182. The van der Waals surface area contributed by atoms with E-state index in [4.69, 9.17) is 0 Å². The largest absolute Gasteiger partial charge is 0.361 e. The van der Waals surface area contributed by atoms with E-state index in [1.165, 1.54) is 5.56 Å². The molecule has 0 amide bonds. The van der Waals surface area contributed by atoms with Gasteiger partial charge in [-0.05, 0) is 11.6 Å². The standard InChI is InChI=1S/C11H12N2/c1-13-8-7-11(12-9-13)10-5-3-2-4-6-10/h2-8H,9H2,1H3. The summed E-state index contributed by atoms with van der Waals surface area (Å²) in [5, 5.41) is 0. The van der Waals surface area contributed by atoms with Gasteiger partial charge in [-0.2, -0.15) is 0 Å². The predicted octanol–water partition coefficient (Wildman–Crippen LogP) is 1.89. The molecular formula is C11H12N2. The number of rotatable bonds is 1. The summed E-state index contributed by atoms with van der Waals surface area (Å²) < 4.78 is 0. The molecule has 2 rings (SSSR count). The number of hydrogen-bond acceptors (Lipinski definition) is 2. The molecule has 1 aliphatic heterocycles. The Labute approximate surface area is 78.2 Å². The lowest BCUT2D eigenvalue weighted by Gasteiger charge is -2.16. The molecule has 0 aromatic heterocycles. The van der Waals surface area contributed by atoms with E-state index in [1.807, 2.05) is 36.2 Å². The van der Waals surface area contributed by atoms with Crippen LogP contribution in [-0.2, 0) is 0 Å². The van der Waals surface area contributed by atoms with Crippen LogP contribution in [0, 0.1) is 0 Å². The summed E-state index contributed by atoms with van der Waals surface area (Å²) >= 11 is 0. The quantitative estimate of drug-likeness (QED) is 0.631. The van der Waals surface area contributed by atoms with Gasteiger partial charge in [-0.3, -0.25) is 4.99 Å². The fourth-order valence-electron chi connectivity index (χ4n) is 1.28. The van der Waals surface area contributed by atoms with Crippen molar-refractivity contribution in [2.75, 3.05) is 13.7 Å². The number of hydrogen-bond donors (Lipinski definition) is 0. The monoisotopic (exact) mass is 172 g/mol. The van der Waals surface area contributed by atoms with Crippen LogP contribution in [0.2, 0.25) is 0 Å². The maximum atomic E-state index is 4.44. The molecule has 1 aromatic rings. The minimum Gasteiger partial charge on any atom is -0.361 e. The molecule has 2 nitrogen and oxygen atoms in total. The third kappa shape index (κ3) is 1.78. The van der Waals surface area contributed by atoms with E-state index < -0.39 is 0 Å². The normalized spacial score (nSPS) is 15.8. The molecule has 66 valence electrons. The third-order valence-corrected chi connectivity index (χ3v) is 2.02. The Morgan fingerprint density at radius 1 is 1.23 bits per heavy atom. The van der Waals surface area contributed by atoms with E-state index in [1.54, 1.807) is 0 Å². The maximum absolute atomic E-state index is 4.44. The molecule has 2 heteroatoms. The second-order valence-electron chi connectivity index (χ2n) is 3.12. The summed E-state index contributed by atoms with van der Waals surface area (Å²) in [5.41, 5.74) is 2.26. The second kappa shape index (κ2) is 3.44. The number of nitrogens with zero attached hydrogens (tertiary/aromatic N) is 2. The molecule has 0 radical (unpaired) electrons. The molecule has 1 aromatic carbocycles. The molecule has 0 aliphatic carbocycles. The summed E-state index contributed by atoms with van der Waals surface area (Å²) in [6.07, 6.45) is 4.09. The summed E-state index contributed by atoms with van der Waals surface area (Å²) in [7, 11) is 2.02. The average Bonchev–Trinajstić information content (AvgIpc) is 2.20. The van der Waals surface area contributed by atoms with E-state index in [9.17, 15) is 0 Å². The Bertz CT molecular complexity index is 338. The van der Waals surface area contributed by atoms with Crippen molar-refractivity contribution >= 4 is 5.71 Å². The molecule has 0 saturated heterocycles. The molecule has 0 fully saturated rings. The highest BCUT2D eigenvalue weighted by atomic mass is 15.2. The lowest BCUT2D eigenvalue weighted by atomic mass is 10.1. The predicted molar refractivity (Wildman–Crippen MR) is 54.7 cm³/mol. The Hall–Kier alpha value is -1.57. The zero-order valence-electron chi connectivity index (χ0n) is 7.64. The molecule has 0 spiro atoms. The first kappa shape index (κ1) is 8.05. The molecule has 1 aliphatic rings. The molecule has 0 N–H and O–H groups in total. The first-order valence-corrected chi connectivity index (χ1v) is 4.34. The summed E-state index contributed by atoms with van der Waals surface area (Å²) in [6.45, 7) is 0.751. The molecule has 13 heavy (non-hydrogen) atoms. The summed E-state index contributed by atoms with van der Waals surface area (Å²) in [4.78, 5) is 6.48. The zero-order chi connectivity index (χ0) is 9.10. The maximum Gasteiger partial charge on any atom is 0.110 e. The Kier molecular flexibility index (Phi) is 2.13. The van der Waals surface area contributed by atoms with Crippen molar-refractivity contribution < 1.29 is 0 Å². The molecule has 0 saturated carbocycles. The molecule has 0 unspecified atom stereocenters. The Morgan fingerprint density at radius 3 is 2.62 bits per heavy atom. The van der Waals surface area contributed by atoms with Gasteiger partial charge in [0.2, 0.25) is 0 Å². The van der Waals surface area contributed by atoms with Gasteiger partial charge in [-0.1, -0.05) is 30.3 Å². The highest BCUT2D eigenvalue weighted by molar-refractivity contribution is 6.08. The topological polar surface area (TPSA) is 15.6 Å². The summed E-state index contributed by atoms with van der Waals surface area (Å²) in [5.74, 6) is 0. The lowest BCUT2D eigenvalue weighted by molar-refractivity contribution is 0.469. The molecule has 0 atom stereocenters. The van der Waals surface area contributed by atoms with Crippen molar-refractivity contribution in [1.82, 2.24) is 4.90 Å². The van der Waals surface area contributed by atoms with E-state index in [-0.39, 0.29) is 0 Å². The fourth-order valence-corrected chi connectivity index (χ4v) is 1.28. The van der Waals surface area contributed by atoms with Gasteiger partial charge in [0.05, 0.1) is 5.71 Å². The average molecular weight is 172 g/mol. The Balaban J connectivity index is 2.25.